The summed E-state index contributed by atoms with van der Waals surface area (Å²) < 4.78 is 5.06. The van der Waals surface area contributed by atoms with Crippen molar-refractivity contribution < 1.29 is 14.3 Å². The number of esters is 1. The van der Waals surface area contributed by atoms with Gasteiger partial charge in [-0.2, -0.15) is 0 Å². The molecule has 0 aliphatic heterocycles. The van der Waals surface area contributed by atoms with Gasteiger partial charge < -0.3 is 4.74 Å². The molecule has 23 heavy (non-hydrogen) atoms. The third-order valence-electron chi connectivity index (χ3n) is 3.15. The number of thiophene rings is 1. The SMILES string of the molecule is O=C(OCc1ccccc1)C(=O)c1ccc(-c2ccccn2)s1. The van der Waals surface area contributed by atoms with Crippen molar-refractivity contribution in [1.82, 2.24) is 4.98 Å². The third kappa shape index (κ3) is 3.70. The Morgan fingerprint density at radius 1 is 0.957 bits per heavy atom. The van der Waals surface area contributed by atoms with E-state index in [1.807, 2.05) is 48.5 Å². The molecule has 3 aromatic rings. The number of ether oxygens (including phenoxy) is 1. The minimum atomic E-state index is -0.844. The highest BCUT2D eigenvalue weighted by molar-refractivity contribution is 7.18. The molecule has 2 heterocycles. The smallest absolute Gasteiger partial charge is 0.380 e. The zero-order chi connectivity index (χ0) is 16.1. The maximum atomic E-state index is 12.1. The highest BCUT2D eigenvalue weighted by Crippen LogP contribution is 2.26. The highest BCUT2D eigenvalue weighted by atomic mass is 32.1. The van der Waals surface area contributed by atoms with E-state index < -0.39 is 11.8 Å². The first-order valence-electron chi connectivity index (χ1n) is 7.00. The molecule has 0 saturated heterocycles. The van der Waals surface area contributed by atoms with Gasteiger partial charge in [0.25, 0.3) is 5.78 Å². The number of ketones is 1. The lowest BCUT2D eigenvalue weighted by Gasteiger charge is -2.02. The Kier molecular flexibility index (Phi) is 4.59. The first kappa shape index (κ1) is 15.1. The van der Waals surface area contributed by atoms with Crippen molar-refractivity contribution in [3.63, 3.8) is 0 Å². The number of Topliss-reactive ketones (excluding diaryl/α,β-unsaturated/α-hetero) is 1. The van der Waals surface area contributed by atoms with Gasteiger partial charge in [0, 0.05) is 6.20 Å². The van der Waals surface area contributed by atoms with Gasteiger partial charge in [-0.15, -0.1) is 11.3 Å². The highest BCUT2D eigenvalue weighted by Gasteiger charge is 2.20. The molecule has 0 amide bonds. The molecule has 0 fully saturated rings. The molecule has 5 heteroatoms. The molecule has 0 spiro atoms. The van der Waals surface area contributed by atoms with E-state index in [1.165, 1.54) is 11.3 Å². The van der Waals surface area contributed by atoms with Crippen LogP contribution in [0.15, 0.2) is 66.9 Å². The third-order valence-corrected chi connectivity index (χ3v) is 4.25. The molecule has 114 valence electrons. The Balaban J connectivity index is 1.66. The van der Waals surface area contributed by atoms with Gasteiger partial charge in [0.1, 0.15) is 6.61 Å². The molecule has 4 nitrogen and oxygen atoms in total. The van der Waals surface area contributed by atoms with Crippen LogP contribution in [0.3, 0.4) is 0 Å². The molecule has 3 rings (SSSR count). The molecular weight excluding hydrogens is 310 g/mol. The van der Waals surface area contributed by atoms with E-state index in [9.17, 15) is 9.59 Å². The number of carbonyl (C=O) groups excluding carboxylic acids is 2. The number of carbonyl (C=O) groups is 2. The van der Waals surface area contributed by atoms with Crippen LogP contribution in [0.5, 0.6) is 0 Å². The summed E-state index contributed by atoms with van der Waals surface area (Å²) >= 11 is 1.23. The second kappa shape index (κ2) is 6.98. The van der Waals surface area contributed by atoms with Gasteiger partial charge in [0.15, 0.2) is 0 Å². The Morgan fingerprint density at radius 2 is 1.74 bits per heavy atom. The number of hydrogen-bond acceptors (Lipinski definition) is 5. The predicted molar refractivity (Wildman–Crippen MR) is 88.1 cm³/mol. The van der Waals surface area contributed by atoms with Crippen molar-refractivity contribution in [3.05, 3.63) is 77.3 Å². The number of aromatic nitrogens is 1. The summed E-state index contributed by atoms with van der Waals surface area (Å²) in [5.74, 6) is -1.48. The van der Waals surface area contributed by atoms with Gasteiger partial charge in [0.05, 0.1) is 15.4 Å². The topological polar surface area (TPSA) is 56.3 Å². The largest absolute Gasteiger partial charge is 0.455 e. The fourth-order valence-corrected chi connectivity index (χ4v) is 2.91. The monoisotopic (exact) mass is 323 g/mol. The number of benzene rings is 1. The van der Waals surface area contributed by atoms with E-state index >= 15 is 0 Å². The van der Waals surface area contributed by atoms with Crippen LogP contribution in [0.4, 0.5) is 0 Å². The fraction of sp³-hybridized carbons (Fsp3) is 0.0556. The lowest BCUT2D eigenvalue weighted by atomic mass is 10.2. The maximum absolute atomic E-state index is 12.1. The molecule has 0 atom stereocenters. The van der Waals surface area contributed by atoms with Gasteiger partial charge >= 0.3 is 5.97 Å². The second-order valence-corrected chi connectivity index (χ2v) is 5.85. The number of hydrogen-bond donors (Lipinski definition) is 0. The van der Waals surface area contributed by atoms with Gasteiger partial charge in [-0.05, 0) is 29.8 Å². The fourth-order valence-electron chi connectivity index (χ4n) is 2.00. The first-order chi connectivity index (χ1) is 11.2. The standard InChI is InChI=1S/C18H13NO3S/c20-17(18(21)22-12-13-6-2-1-3-7-13)16-10-9-15(23-16)14-8-4-5-11-19-14/h1-11H,12H2. The van der Waals surface area contributed by atoms with E-state index in [2.05, 4.69) is 4.98 Å². The summed E-state index contributed by atoms with van der Waals surface area (Å²) in [5, 5.41) is 0. The van der Waals surface area contributed by atoms with E-state index in [1.54, 1.807) is 18.3 Å². The van der Waals surface area contributed by atoms with Crippen LogP contribution in [0.2, 0.25) is 0 Å². The van der Waals surface area contributed by atoms with Crippen LogP contribution >= 0.6 is 11.3 Å². The maximum Gasteiger partial charge on any atom is 0.380 e. The molecule has 0 radical (unpaired) electrons. The van der Waals surface area contributed by atoms with Gasteiger partial charge in [-0.3, -0.25) is 9.78 Å². The minimum absolute atomic E-state index is 0.0872. The predicted octanol–water partition coefficient (Wildman–Crippen LogP) is 3.74. The number of pyridine rings is 1. The van der Waals surface area contributed by atoms with E-state index in [0.29, 0.717) is 4.88 Å². The Hall–Kier alpha value is -2.79. The van der Waals surface area contributed by atoms with Gasteiger partial charge in [0.2, 0.25) is 0 Å². The molecule has 0 N–H and O–H groups in total. The average molecular weight is 323 g/mol. The zero-order valence-electron chi connectivity index (χ0n) is 12.1. The average Bonchev–Trinajstić information content (AvgIpc) is 3.11. The molecule has 0 unspecified atom stereocenters. The van der Waals surface area contributed by atoms with Crippen molar-refractivity contribution in [2.75, 3.05) is 0 Å². The Labute approximate surface area is 137 Å². The molecule has 2 aromatic heterocycles. The summed E-state index contributed by atoms with van der Waals surface area (Å²) in [6.07, 6.45) is 1.69. The van der Waals surface area contributed by atoms with Gasteiger partial charge in [-0.25, -0.2) is 4.79 Å². The number of nitrogens with zero attached hydrogens (tertiary/aromatic N) is 1. The van der Waals surface area contributed by atoms with E-state index in [-0.39, 0.29) is 6.61 Å². The zero-order valence-corrected chi connectivity index (χ0v) is 13.0. The second-order valence-electron chi connectivity index (χ2n) is 4.77. The normalized spacial score (nSPS) is 10.3. The summed E-state index contributed by atoms with van der Waals surface area (Å²) in [7, 11) is 0. The van der Waals surface area contributed by atoms with Crippen molar-refractivity contribution in [3.8, 4) is 10.6 Å². The molecular formula is C18H13NO3S. The van der Waals surface area contributed by atoms with E-state index in [4.69, 9.17) is 4.74 Å². The molecule has 0 aliphatic rings. The van der Waals surface area contributed by atoms with Crippen molar-refractivity contribution in [1.29, 1.82) is 0 Å². The summed E-state index contributed by atoms with van der Waals surface area (Å²) in [6, 6.07) is 18.2. The Morgan fingerprint density at radius 3 is 2.48 bits per heavy atom. The van der Waals surface area contributed by atoms with Crippen LogP contribution in [0.1, 0.15) is 15.2 Å². The molecule has 0 aliphatic carbocycles. The molecule has 0 bridgehead atoms. The lowest BCUT2D eigenvalue weighted by Crippen LogP contribution is -2.16. The summed E-state index contributed by atoms with van der Waals surface area (Å²) in [5.41, 5.74) is 1.61. The van der Waals surface area contributed by atoms with Crippen molar-refractivity contribution in [2.45, 2.75) is 6.61 Å². The van der Waals surface area contributed by atoms with Crippen LogP contribution < -0.4 is 0 Å². The Bertz CT molecular complexity index is 813. The van der Waals surface area contributed by atoms with E-state index in [0.717, 1.165) is 16.1 Å². The summed E-state index contributed by atoms with van der Waals surface area (Å²) in [4.78, 5) is 29.4. The van der Waals surface area contributed by atoms with Crippen LogP contribution in [-0.4, -0.2) is 16.7 Å². The molecule has 0 saturated carbocycles. The minimum Gasteiger partial charge on any atom is -0.455 e. The number of rotatable bonds is 5. The van der Waals surface area contributed by atoms with Crippen LogP contribution in [0.25, 0.3) is 10.6 Å². The molecule has 1 aromatic carbocycles. The quantitative estimate of drug-likeness (QED) is 0.408. The first-order valence-corrected chi connectivity index (χ1v) is 7.82. The summed E-state index contributed by atoms with van der Waals surface area (Å²) in [6.45, 7) is 0.0872. The van der Waals surface area contributed by atoms with Crippen molar-refractivity contribution in [2.24, 2.45) is 0 Å². The van der Waals surface area contributed by atoms with Gasteiger partial charge in [-0.1, -0.05) is 36.4 Å². The van der Waals surface area contributed by atoms with Crippen LogP contribution in [-0.2, 0) is 16.1 Å². The lowest BCUT2D eigenvalue weighted by molar-refractivity contribution is -0.139. The van der Waals surface area contributed by atoms with Crippen molar-refractivity contribution >= 4 is 23.1 Å². The van der Waals surface area contributed by atoms with Crippen LogP contribution in [0, 0.1) is 0 Å².